The number of carbonyl (C=O) groups excluding carboxylic acids is 1. The molecule has 2 heterocycles. The number of thioether (sulfide) groups is 1. The first kappa shape index (κ1) is 17.5. The van der Waals surface area contributed by atoms with Gasteiger partial charge in [0.25, 0.3) is 0 Å². The molecule has 2 aromatic heterocycles. The van der Waals surface area contributed by atoms with E-state index in [0.717, 1.165) is 17.4 Å². The Hall–Kier alpha value is -1.34. The summed E-state index contributed by atoms with van der Waals surface area (Å²) in [6, 6.07) is 4.89. The summed E-state index contributed by atoms with van der Waals surface area (Å²) < 4.78 is 2.24. The Morgan fingerprint density at radius 1 is 1.42 bits per heavy atom. The van der Waals surface area contributed by atoms with E-state index in [1.807, 2.05) is 6.92 Å². The van der Waals surface area contributed by atoms with Crippen LogP contribution in [0, 0.1) is 5.92 Å². The van der Waals surface area contributed by atoms with Crippen molar-refractivity contribution in [2.24, 2.45) is 5.92 Å². The maximum atomic E-state index is 12.1. The number of hydrogen-bond acceptors (Lipinski definition) is 5. The highest BCUT2D eigenvalue weighted by molar-refractivity contribution is 7.99. The summed E-state index contributed by atoms with van der Waals surface area (Å²) in [7, 11) is 0. The largest absolute Gasteiger partial charge is 0.353 e. The first-order chi connectivity index (χ1) is 11.5. The highest BCUT2D eigenvalue weighted by Crippen LogP contribution is 2.39. The summed E-state index contributed by atoms with van der Waals surface area (Å²) in [5.41, 5.74) is 0. The number of nitrogens with one attached hydrogen (secondary N) is 1. The second-order valence-corrected chi connectivity index (χ2v) is 8.62. The van der Waals surface area contributed by atoms with E-state index in [1.54, 1.807) is 11.3 Å². The first-order valence-electron chi connectivity index (χ1n) is 8.43. The van der Waals surface area contributed by atoms with Gasteiger partial charge in [0, 0.05) is 23.4 Å². The molecule has 0 aromatic carbocycles. The summed E-state index contributed by atoms with van der Waals surface area (Å²) in [5, 5.41) is 14.7. The molecule has 0 radical (unpaired) electrons. The number of rotatable bonds is 8. The van der Waals surface area contributed by atoms with E-state index in [9.17, 15) is 4.79 Å². The van der Waals surface area contributed by atoms with Crippen LogP contribution in [0.5, 0.6) is 0 Å². The Labute approximate surface area is 151 Å². The predicted molar refractivity (Wildman–Crippen MR) is 98.6 cm³/mol. The quantitative estimate of drug-likeness (QED) is 0.728. The van der Waals surface area contributed by atoms with E-state index in [4.69, 9.17) is 0 Å². The lowest BCUT2D eigenvalue weighted by Gasteiger charge is -2.17. The number of thiophene rings is 1. The molecule has 0 spiro atoms. The maximum Gasteiger partial charge on any atom is 0.230 e. The van der Waals surface area contributed by atoms with Crippen molar-refractivity contribution in [3.05, 3.63) is 28.2 Å². The lowest BCUT2D eigenvalue weighted by atomic mass is 10.1. The number of hydrogen-bond donors (Lipinski definition) is 1. The van der Waals surface area contributed by atoms with Gasteiger partial charge in [-0.15, -0.1) is 21.5 Å². The summed E-state index contributed by atoms with van der Waals surface area (Å²) >= 11 is 3.23. The Morgan fingerprint density at radius 2 is 2.21 bits per heavy atom. The highest BCUT2D eigenvalue weighted by atomic mass is 32.2. The van der Waals surface area contributed by atoms with Crippen LogP contribution in [0.2, 0.25) is 0 Å². The minimum absolute atomic E-state index is 0.0614. The Bertz CT molecular complexity index is 677. The van der Waals surface area contributed by atoms with Gasteiger partial charge in [-0.2, -0.15) is 0 Å². The maximum absolute atomic E-state index is 12.1. The lowest BCUT2D eigenvalue weighted by molar-refractivity contribution is -0.119. The van der Waals surface area contributed by atoms with E-state index in [-0.39, 0.29) is 11.9 Å². The molecule has 0 bridgehead atoms. The second-order valence-electron chi connectivity index (χ2n) is 6.64. The van der Waals surface area contributed by atoms with Gasteiger partial charge in [-0.1, -0.05) is 31.7 Å². The molecule has 24 heavy (non-hydrogen) atoms. The van der Waals surface area contributed by atoms with Crippen molar-refractivity contribution in [2.45, 2.75) is 57.3 Å². The molecular weight excluding hydrogens is 340 g/mol. The van der Waals surface area contributed by atoms with Crippen molar-refractivity contribution in [2.75, 3.05) is 5.75 Å². The molecule has 1 aliphatic rings. The van der Waals surface area contributed by atoms with Crippen molar-refractivity contribution in [1.82, 2.24) is 20.1 Å². The molecule has 1 saturated carbocycles. The third-order valence-electron chi connectivity index (χ3n) is 4.28. The Balaban J connectivity index is 1.63. The SMILES string of the molecule is CC(C)[C@H](C)NC(=O)CSc1nnc(Cc2cccs2)n1C1CC1. The van der Waals surface area contributed by atoms with Crippen molar-refractivity contribution < 1.29 is 4.79 Å². The molecule has 3 rings (SSSR count). The van der Waals surface area contributed by atoms with Gasteiger partial charge in [0.1, 0.15) is 5.82 Å². The fourth-order valence-electron chi connectivity index (χ4n) is 2.39. The zero-order valence-corrected chi connectivity index (χ0v) is 16.0. The van der Waals surface area contributed by atoms with Crippen molar-refractivity contribution in [3.8, 4) is 0 Å². The monoisotopic (exact) mass is 364 g/mol. The fourth-order valence-corrected chi connectivity index (χ4v) is 3.92. The third kappa shape index (κ3) is 4.39. The van der Waals surface area contributed by atoms with Crippen LogP contribution in [0.3, 0.4) is 0 Å². The minimum Gasteiger partial charge on any atom is -0.353 e. The van der Waals surface area contributed by atoms with E-state index in [2.05, 4.69) is 51.4 Å². The third-order valence-corrected chi connectivity index (χ3v) is 6.10. The molecule has 0 aliphatic heterocycles. The van der Waals surface area contributed by atoms with Crippen LogP contribution in [0.15, 0.2) is 22.7 Å². The highest BCUT2D eigenvalue weighted by Gasteiger charge is 2.30. The van der Waals surface area contributed by atoms with Crippen molar-refractivity contribution in [1.29, 1.82) is 0 Å². The van der Waals surface area contributed by atoms with Crippen LogP contribution < -0.4 is 5.32 Å². The average molecular weight is 365 g/mol. The molecule has 130 valence electrons. The first-order valence-corrected chi connectivity index (χ1v) is 10.3. The van der Waals surface area contributed by atoms with E-state index in [0.29, 0.717) is 17.7 Å². The molecular formula is C17H24N4OS2. The summed E-state index contributed by atoms with van der Waals surface area (Å²) in [6.45, 7) is 6.26. The second kappa shape index (κ2) is 7.70. The van der Waals surface area contributed by atoms with Crippen LogP contribution in [0.1, 0.15) is 50.4 Å². The van der Waals surface area contributed by atoms with Gasteiger partial charge >= 0.3 is 0 Å². The average Bonchev–Trinajstić information content (AvgIpc) is 3.09. The topological polar surface area (TPSA) is 59.8 Å². The standard InChI is InChI=1S/C17H24N4OS2/c1-11(2)12(3)18-16(22)10-24-17-20-19-15(21(17)13-6-7-13)9-14-5-4-8-23-14/h4-5,8,11-13H,6-7,9-10H2,1-3H3,(H,18,22)/t12-/m0/s1. The number of carbonyl (C=O) groups is 1. The van der Waals surface area contributed by atoms with Crippen LogP contribution in [-0.4, -0.2) is 32.5 Å². The van der Waals surface area contributed by atoms with E-state index < -0.39 is 0 Å². The summed E-state index contributed by atoms with van der Waals surface area (Å²) in [5.74, 6) is 1.90. The Kier molecular flexibility index (Phi) is 5.61. The lowest BCUT2D eigenvalue weighted by Crippen LogP contribution is -2.37. The predicted octanol–water partition coefficient (Wildman–Crippen LogP) is 3.52. The Morgan fingerprint density at radius 3 is 2.83 bits per heavy atom. The van der Waals surface area contributed by atoms with Crippen LogP contribution >= 0.6 is 23.1 Å². The van der Waals surface area contributed by atoms with Gasteiger partial charge in [0.05, 0.1) is 5.75 Å². The fraction of sp³-hybridized carbons (Fsp3) is 0.588. The zero-order chi connectivity index (χ0) is 17.1. The smallest absolute Gasteiger partial charge is 0.230 e. The molecule has 2 aromatic rings. The van der Waals surface area contributed by atoms with Gasteiger partial charge in [-0.3, -0.25) is 4.79 Å². The zero-order valence-electron chi connectivity index (χ0n) is 14.4. The molecule has 1 atom stereocenters. The molecule has 0 unspecified atom stereocenters. The molecule has 1 N–H and O–H groups in total. The van der Waals surface area contributed by atoms with Gasteiger partial charge < -0.3 is 9.88 Å². The molecule has 7 heteroatoms. The number of amides is 1. The van der Waals surface area contributed by atoms with Gasteiger partial charge in [0.15, 0.2) is 5.16 Å². The normalized spacial score (nSPS) is 15.7. The van der Waals surface area contributed by atoms with Gasteiger partial charge in [0.2, 0.25) is 5.91 Å². The molecule has 5 nitrogen and oxygen atoms in total. The molecule has 0 saturated heterocycles. The minimum atomic E-state index is 0.0614. The molecule has 1 aliphatic carbocycles. The number of nitrogens with zero attached hydrogens (tertiary/aromatic N) is 3. The number of aromatic nitrogens is 3. The summed E-state index contributed by atoms with van der Waals surface area (Å²) in [4.78, 5) is 13.4. The van der Waals surface area contributed by atoms with Gasteiger partial charge in [-0.25, -0.2) is 0 Å². The molecule has 1 amide bonds. The van der Waals surface area contributed by atoms with Crippen LogP contribution in [-0.2, 0) is 11.2 Å². The van der Waals surface area contributed by atoms with Gasteiger partial charge in [-0.05, 0) is 37.1 Å². The van der Waals surface area contributed by atoms with Crippen molar-refractivity contribution >= 4 is 29.0 Å². The molecule has 1 fully saturated rings. The van der Waals surface area contributed by atoms with E-state index in [1.165, 1.54) is 29.5 Å². The van der Waals surface area contributed by atoms with E-state index >= 15 is 0 Å². The van der Waals surface area contributed by atoms with Crippen molar-refractivity contribution in [3.63, 3.8) is 0 Å². The van der Waals surface area contributed by atoms with Crippen LogP contribution in [0.25, 0.3) is 0 Å². The summed E-state index contributed by atoms with van der Waals surface area (Å²) in [6.07, 6.45) is 3.18. The van der Waals surface area contributed by atoms with Crippen LogP contribution in [0.4, 0.5) is 0 Å².